The Hall–Kier alpha value is -1.02. The SMILES string of the molecule is Cc1ccccc1N(CCCN)C1CC(C)CC(C)C1. The lowest BCUT2D eigenvalue weighted by Crippen LogP contribution is -2.42. The van der Waals surface area contributed by atoms with E-state index in [0.717, 1.165) is 31.3 Å². The van der Waals surface area contributed by atoms with Crippen molar-refractivity contribution in [1.29, 1.82) is 0 Å². The topological polar surface area (TPSA) is 29.3 Å². The van der Waals surface area contributed by atoms with E-state index in [1.54, 1.807) is 0 Å². The van der Waals surface area contributed by atoms with Crippen molar-refractivity contribution in [2.24, 2.45) is 17.6 Å². The first-order valence-corrected chi connectivity index (χ1v) is 8.14. The van der Waals surface area contributed by atoms with Crippen molar-refractivity contribution < 1.29 is 0 Å². The third-order valence-corrected chi connectivity index (χ3v) is 4.62. The zero-order valence-corrected chi connectivity index (χ0v) is 13.3. The van der Waals surface area contributed by atoms with Gasteiger partial charge >= 0.3 is 0 Å². The highest BCUT2D eigenvalue weighted by atomic mass is 15.2. The molecule has 0 bridgehead atoms. The van der Waals surface area contributed by atoms with E-state index in [2.05, 4.69) is 49.9 Å². The fourth-order valence-corrected chi connectivity index (χ4v) is 3.81. The Morgan fingerprint density at radius 1 is 1.10 bits per heavy atom. The molecule has 1 aliphatic rings. The quantitative estimate of drug-likeness (QED) is 0.880. The number of hydrogen-bond acceptors (Lipinski definition) is 2. The molecule has 2 atom stereocenters. The molecule has 1 aromatic carbocycles. The number of rotatable bonds is 5. The molecule has 2 N–H and O–H groups in total. The second kappa shape index (κ2) is 7.12. The van der Waals surface area contributed by atoms with Gasteiger partial charge in [-0.05, 0) is 62.6 Å². The zero-order chi connectivity index (χ0) is 14.5. The Labute approximate surface area is 124 Å². The van der Waals surface area contributed by atoms with Crippen LogP contribution in [0.1, 0.15) is 45.1 Å². The first kappa shape index (κ1) is 15.4. The molecule has 20 heavy (non-hydrogen) atoms. The van der Waals surface area contributed by atoms with Crippen molar-refractivity contribution >= 4 is 5.69 Å². The zero-order valence-electron chi connectivity index (χ0n) is 13.3. The molecule has 0 amide bonds. The minimum absolute atomic E-state index is 0.682. The molecule has 0 aromatic heterocycles. The molecule has 112 valence electrons. The van der Waals surface area contributed by atoms with E-state index in [-0.39, 0.29) is 0 Å². The Morgan fingerprint density at radius 3 is 2.35 bits per heavy atom. The number of hydrogen-bond donors (Lipinski definition) is 1. The van der Waals surface area contributed by atoms with Gasteiger partial charge in [-0.3, -0.25) is 0 Å². The van der Waals surface area contributed by atoms with Gasteiger partial charge in [-0.1, -0.05) is 32.0 Å². The van der Waals surface area contributed by atoms with Crippen LogP contribution in [-0.4, -0.2) is 19.1 Å². The highest BCUT2D eigenvalue weighted by molar-refractivity contribution is 5.53. The highest BCUT2D eigenvalue weighted by Gasteiger charge is 2.28. The fraction of sp³-hybridized carbons (Fsp3) is 0.667. The second-order valence-corrected chi connectivity index (χ2v) is 6.69. The summed E-state index contributed by atoms with van der Waals surface area (Å²) in [6, 6.07) is 9.47. The Bertz CT molecular complexity index is 406. The normalized spacial score (nSPS) is 26.5. The summed E-state index contributed by atoms with van der Waals surface area (Å²) in [5.74, 6) is 1.68. The minimum Gasteiger partial charge on any atom is -0.368 e. The highest BCUT2D eigenvalue weighted by Crippen LogP contribution is 2.34. The molecule has 1 aliphatic carbocycles. The number of anilines is 1. The Balaban J connectivity index is 2.20. The number of nitrogens with two attached hydrogens (primary N) is 1. The molecule has 2 nitrogen and oxygen atoms in total. The van der Waals surface area contributed by atoms with E-state index in [9.17, 15) is 0 Å². The van der Waals surface area contributed by atoms with Crippen LogP contribution < -0.4 is 10.6 Å². The van der Waals surface area contributed by atoms with E-state index in [1.165, 1.54) is 30.5 Å². The summed E-state index contributed by atoms with van der Waals surface area (Å²) in [6.45, 7) is 8.90. The molecule has 1 aromatic rings. The van der Waals surface area contributed by atoms with Gasteiger partial charge in [-0.25, -0.2) is 0 Å². The maximum Gasteiger partial charge on any atom is 0.0398 e. The molecule has 0 aliphatic heterocycles. The molecule has 2 rings (SSSR count). The smallest absolute Gasteiger partial charge is 0.0398 e. The lowest BCUT2D eigenvalue weighted by Gasteiger charge is -2.41. The molecule has 0 radical (unpaired) electrons. The van der Waals surface area contributed by atoms with Crippen LogP contribution in [0.2, 0.25) is 0 Å². The van der Waals surface area contributed by atoms with Gasteiger partial charge in [0, 0.05) is 18.3 Å². The van der Waals surface area contributed by atoms with Crippen molar-refractivity contribution in [3.8, 4) is 0 Å². The van der Waals surface area contributed by atoms with E-state index < -0.39 is 0 Å². The van der Waals surface area contributed by atoms with Crippen LogP contribution >= 0.6 is 0 Å². The maximum atomic E-state index is 5.75. The van der Waals surface area contributed by atoms with Crippen molar-refractivity contribution in [3.63, 3.8) is 0 Å². The summed E-state index contributed by atoms with van der Waals surface area (Å²) in [5, 5.41) is 0. The lowest BCUT2D eigenvalue weighted by atomic mass is 9.79. The molecule has 1 saturated carbocycles. The van der Waals surface area contributed by atoms with Gasteiger partial charge in [0.1, 0.15) is 0 Å². The predicted molar refractivity (Wildman–Crippen MR) is 88.2 cm³/mol. The first-order valence-electron chi connectivity index (χ1n) is 8.14. The molecule has 0 saturated heterocycles. The standard InChI is InChI=1S/C18H30N2/c1-14-11-15(2)13-17(12-14)20(10-6-9-19)18-8-5-4-7-16(18)3/h4-5,7-8,14-15,17H,6,9-13,19H2,1-3H3. The summed E-state index contributed by atoms with van der Waals surface area (Å²) in [6.07, 6.45) is 5.11. The van der Waals surface area contributed by atoms with Gasteiger partial charge in [0.05, 0.1) is 0 Å². The average molecular weight is 274 g/mol. The van der Waals surface area contributed by atoms with Crippen molar-refractivity contribution in [3.05, 3.63) is 29.8 Å². The average Bonchev–Trinajstić information content (AvgIpc) is 2.40. The lowest BCUT2D eigenvalue weighted by molar-refractivity contribution is 0.259. The second-order valence-electron chi connectivity index (χ2n) is 6.69. The molecule has 2 heteroatoms. The summed E-state index contributed by atoms with van der Waals surface area (Å²) < 4.78 is 0. The summed E-state index contributed by atoms with van der Waals surface area (Å²) in [4.78, 5) is 2.63. The van der Waals surface area contributed by atoms with Crippen LogP contribution in [-0.2, 0) is 0 Å². The van der Waals surface area contributed by atoms with Gasteiger partial charge in [-0.2, -0.15) is 0 Å². The Kier molecular flexibility index (Phi) is 5.47. The van der Waals surface area contributed by atoms with Crippen molar-refractivity contribution in [2.75, 3.05) is 18.0 Å². The van der Waals surface area contributed by atoms with E-state index in [4.69, 9.17) is 5.73 Å². The van der Waals surface area contributed by atoms with Crippen molar-refractivity contribution in [1.82, 2.24) is 0 Å². The van der Waals surface area contributed by atoms with Crippen LogP contribution in [0, 0.1) is 18.8 Å². The van der Waals surface area contributed by atoms with Crippen LogP contribution in [0.4, 0.5) is 5.69 Å². The van der Waals surface area contributed by atoms with Gasteiger partial charge in [0.2, 0.25) is 0 Å². The van der Waals surface area contributed by atoms with Gasteiger partial charge in [0.15, 0.2) is 0 Å². The summed E-state index contributed by atoms with van der Waals surface area (Å²) >= 11 is 0. The van der Waals surface area contributed by atoms with Gasteiger partial charge in [-0.15, -0.1) is 0 Å². The van der Waals surface area contributed by atoms with Crippen LogP contribution in [0.25, 0.3) is 0 Å². The number of benzene rings is 1. The van der Waals surface area contributed by atoms with Crippen LogP contribution in [0.15, 0.2) is 24.3 Å². The number of nitrogens with zero attached hydrogens (tertiary/aromatic N) is 1. The van der Waals surface area contributed by atoms with Gasteiger partial charge in [0.25, 0.3) is 0 Å². The number of aryl methyl sites for hydroxylation is 1. The predicted octanol–water partition coefficient (Wildman–Crippen LogP) is 3.97. The van der Waals surface area contributed by atoms with Crippen molar-refractivity contribution in [2.45, 2.75) is 52.5 Å². The largest absolute Gasteiger partial charge is 0.368 e. The first-order chi connectivity index (χ1) is 9.61. The minimum atomic E-state index is 0.682. The monoisotopic (exact) mass is 274 g/mol. The van der Waals surface area contributed by atoms with Crippen LogP contribution in [0.3, 0.4) is 0 Å². The third-order valence-electron chi connectivity index (χ3n) is 4.62. The van der Waals surface area contributed by atoms with E-state index >= 15 is 0 Å². The molecule has 2 unspecified atom stereocenters. The van der Waals surface area contributed by atoms with Gasteiger partial charge < -0.3 is 10.6 Å². The fourth-order valence-electron chi connectivity index (χ4n) is 3.81. The molecule has 0 spiro atoms. The van der Waals surface area contributed by atoms with E-state index in [1.807, 2.05) is 0 Å². The number of para-hydroxylation sites is 1. The third kappa shape index (κ3) is 3.76. The molecular weight excluding hydrogens is 244 g/mol. The molecule has 0 heterocycles. The molecular formula is C18H30N2. The van der Waals surface area contributed by atoms with Crippen LogP contribution in [0.5, 0.6) is 0 Å². The molecule has 1 fully saturated rings. The Morgan fingerprint density at radius 2 is 1.75 bits per heavy atom. The summed E-state index contributed by atoms with van der Waals surface area (Å²) in [5.41, 5.74) is 8.54. The summed E-state index contributed by atoms with van der Waals surface area (Å²) in [7, 11) is 0. The van der Waals surface area contributed by atoms with E-state index in [0.29, 0.717) is 6.04 Å². The maximum absolute atomic E-state index is 5.75.